The Hall–Kier alpha value is -2.07. The average Bonchev–Trinajstić information content (AvgIpc) is 3.30. The van der Waals surface area contributed by atoms with Crippen molar-refractivity contribution in [3.63, 3.8) is 0 Å². The van der Waals surface area contributed by atoms with Crippen molar-refractivity contribution >= 4 is 5.91 Å². The van der Waals surface area contributed by atoms with Crippen molar-refractivity contribution in [1.82, 2.24) is 9.80 Å². The van der Waals surface area contributed by atoms with Gasteiger partial charge in [-0.3, -0.25) is 9.69 Å². The Labute approximate surface area is 149 Å². The third-order valence-electron chi connectivity index (χ3n) is 5.57. The number of hydrogen-bond acceptors (Lipinski definition) is 3. The zero-order valence-corrected chi connectivity index (χ0v) is 14.9. The van der Waals surface area contributed by atoms with Gasteiger partial charge in [-0.15, -0.1) is 0 Å². The molecule has 1 aromatic carbocycles. The molecule has 1 aliphatic heterocycles. The van der Waals surface area contributed by atoms with Crippen LogP contribution in [-0.2, 0) is 11.3 Å². The SMILES string of the molecule is Cc1ccccc1CN1CCCN(C(=O)C2CC2c2ccco2)CC1. The minimum atomic E-state index is 0.133. The topological polar surface area (TPSA) is 36.7 Å². The Morgan fingerprint density at radius 2 is 2.00 bits per heavy atom. The minimum absolute atomic E-state index is 0.133. The summed E-state index contributed by atoms with van der Waals surface area (Å²) in [5.74, 6) is 1.72. The van der Waals surface area contributed by atoms with Crippen LogP contribution < -0.4 is 0 Å². The number of rotatable bonds is 4. The van der Waals surface area contributed by atoms with Gasteiger partial charge in [-0.2, -0.15) is 0 Å². The Kier molecular flexibility index (Phi) is 4.62. The lowest BCUT2D eigenvalue weighted by atomic mass is 10.1. The van der Waals surface area contributed by atoms with E-state index in [0.717, 1.165) is 51.3 Å². The first-order valence-electron chi connectivity index (χ1n) is 9.31. The lowest BCUT2D eigenvalue weighted by molar-refractivity contribution is -0.132. The van der Waals surface area contributed by atoms with Crippen LogP contribution >= 0.6 is 0 Å². The molecular formula is C21H26N2O2. The molecule has 4 rings (SSSR count). The molecule has 4 nitrogen and oxygen atoms in total. The van der Waals surface area contributed by atoms with Crippen LogP contribution in [0.1, 0.15) is 35.6 Å². The van der Waals surface area contributed by atoms with Crippen molar-refractivity contribution in [3.8, 4) is 0 Å². The van der Waals surface area contributed by atoms with Crippen molar-refractivity contribution in [2.45, 2.75) is 32.2 Å². The molecule has 0 N–H and O–H groups in total. The molecule has 1 aliphatic carbocycles. The van der Waals surface area contributed by atoms with E-state index < -0.39 is 0 Å². The van der Waals surface area contributed by atoms with Gasteiger partial charge in [0, 0.05) is 44.6 Å². The predicted octanol–water partition coefficient (Wildman–Crippen LogP) is 3.43. The number of carbonyl (C=O) groups is 1. The molecule has 2 heterocycles. The highest BCUT2D eigenvalue weighted by Gasteiger charge is 2.47. The second-order valence-electron chi connectivity index (χ2n) is 7.35. The fourth-order valence-corrected chi connectivity index (χ4v) is 3.90. The van der Waals surface area contributed by atoms with Gasteiger partial charge in [-0.25, -0.2) is 0 Å². The van der Waals surface area contributed by atoms with Gasteiger partial charge < -0.3 is 9.32 Å². The quantitative estimate of drug-likeness (QED) is 0.857. The largest absolute Gasteiger partial charge is 0.469 e. The first-order chi connectivity index (χ1) is 12.2. The van der Waals surface area contributed by atoms with E-state index in [1.807, 2.05) is 12.1 Å². The van der Waals surface area contributed by atoms with E-state index in [1.165, 1.54) is 11.1 Å². The van der Waals surface area contributed by atoms with Crippen LogP contribution in [0.15, 0.2) is 47.1 Å². The van der Waals surface area contributed by atoms with Crippen LogP contribution in [0.2, 0.25) is 0 Å². The van der Waals surface area contributed by atoms with Crippen molar-refractivity contribution in [2.75, 3.05) is 26.2 Å². The van der Waals surface area contributed by atoms with Gasteiger partial charge in [-0.05, 0) is 43.0 Å². The number of benzene rings is 1. The van der Waals surface area contributed by atoms with Crippen LogP contribution in [-0.4, -0.2) is 41.9 Å². The molecule has 2 aromatic rings. The maximum absolute atomic E-state index is 12.8. The van der Waals surface area contributed by atoms with E-state index >= 15 is 0 Å². The first kappa shape index (κ1) is 16.4. The van der Waals surface area contributed by atoms with Crippen LogP contribution in [0.5, 0.6) is 0 Å². The van der Waals surface area contributed by atoms with Crippen molar-refractivity contribution in [2.24, 2.45) is 5.92 Å². The molecule has 0 radical (unpaired) electrons. The summed E-state index contributed by atoms with van der Waals surface area (Å²) in [4.78, 5) is 17.4. The third-order valence-corrected chi connectivity index (χ3v) is 5.57. The van der Waals surface area contributed by atoms with Crippen LogP contribution in [0.3, 0.4) is 0 Å². The molecule has 132 valence electrons. The molecule has 4 heteroatoms. The van der Waals surface area contributed by atoms with Gasteiger partial charge in [-0.1, -0.05) is 24.3 Å². The van der Waals surface area contributed by atoms with Crippen molar-refractivity contribution < 1.29 is 9.21 Å². The van der Waals surface area contributed by atoms with Crippen molar-refractivity contribution in [3.05, 3.63) is 59.5 Å². The summed E-state index contributed by atoms with van der Waals surface area (Å²) in [6.45, 7) is 6.89. The van der Waals surface area contributed by atoms with E-state index in [-0.39, 0.29) is 5.92 Å². The summed E-state index contributed by atoms with van der Waals surface area (Å²) >= 11 is 0. The van der Waals surface area contributed by atoms with Gasteiger partial charge in [0.25, 0.3) is 0 Å². The van der Waals surface area contributed by atoms with E-state index in [4.69, 9.17) is 4.42 Å². The molecule has 0 bridgehead atoms. The molecule has 1 saturated carbocycles. The van der Waals surface area contributed by atoms with Gasteiger partial charge in [0.2, 0.25) is 5.91 Å². The zero-order valence-electron chi connectivity index (χ0n) is 14.9. The van der Waals surface area contributed by atoms with E-state index in [1.54, 1.807) is 6.26 Å². The number of aryl methyl sites for hydroxylation is 1. The van der Waals surface area contributed by atoms with Crippen molar-refractivity contribution in [1.29, 1.82) is 0 Å². The van der Waals surface area contributed by atoms with Gasteiger partial charge in [0.15, 0.2) is 0 Å². The normalized spacial score (nSPS) is 24.1. The number of hydrogen-bond donors (Lipinski definition) is 0. The molecule has 1 amide bonds. The molecule has 1 aromatic heterocycles. The molecule has 2 aliphatic rings. The summed E-state index contributed by atoms with van der Waals surface area (Å²) < 4.78 is 5.47. The smallest absolute Gasteiger partial charge is 0.226 e. The summed E-state index contributed by atoms with van der Waals surface area (Å²) in [5.41, 5.74) is 2.74. The summed E-state index contributed by atoms with van der Waals surface area (Å²) in [6.07, 6.45) is 3.69. The first-order valence-corrected chi connectivity index (χ1v) is 9.31. The summed E-state index contributed by atoms with van der Waals surface area (Å²) in [5, 5.41) is 0. The third kappa shape index (κ3) is 3.64. The lowest BCUT2D eigenvalue weighted by Crippen LogP contribution is -2.36. The second-order valence-corrected chi connectivity index (χ2v) is 7.35. The number of nitrogens with zero attached hydrogens (tertiary/aromatic N) is 2. The standard InChI is InChI=1S/C21H26N2O2/c1-16-6-2-3-7-17(16)15-22-9-5-10-23(12-11-22)21(24)19-14-18(19)20-8-4-13-25-20/h2-4,6-8,13,18-19H,5,9-12,14-15H2,1H3. The van der Waals surface area contributed by atoms with Crippen LogP contribution in [0.4, 0.5) is 0 Å². The van der Waals surface area contributed by atoms with Gasteiger partial charge in [0.1, 0.15) is 5.76 Å². The monoisotopic (exact) mass is 338 g/mol. The number of carbonyl (C=O) groups excluding carboxylic acids is 1. The number of amides is 1. The predicted molar refractivity (Wildman–Crippen MR) is 97.2 cm³/mol. The zero-order chi connectivity index (χ0) is 17.2. The highest BCUT2D eigenvalue weighted by molar-refractivity contribution is 5.82. The summed E-state index contributed by atoms with van der Waals surface area (Å²) in [6, 6.07) is 12.5. The molecule has 2 unspecified atom stereocenters. The van der Waals surface area contributed by atoms with Crippen LogP contribution in [0, 0.1) is 12.8 Å². The Bertz CT molecular complexity index is 725. The maximum atomic E-state index is 12.8. The minimum Gasteiger partial charge on any atom is -0.469 e. The molecule has 2 fully saturated rings. The molecule has 1 saturated heterocycles. The summed E-state index contributed by atoms with van der Waals surface area (Å²) in [7, 11) is 0. The van der Waals surface area contributed by atoms with E-state index in [0.29, 0.717) is 11.8 Å². The molecule has 25 heavy (non-hydrogen) atoms. The molecule has 2 atom stereocenters. The van der Waals surface area contributed by atoms with E-state index in [9.17, 15) is 4.79 Å². The van der Waals surface area contributed by atoms with Gasteiger partial charge >= 0.3 is 0 Å². The Morgan fingerprint density at radius 3 is 2.80 bits per heavy atom. The fourth-order valence-electron chi connectivity index (χ4n) is 3.90. The Morgan fingerprint density at radius 1 is 1.12 bits per heavy atom. The fraction of sp³-hybridized carbons (Fsp3) is 0.476. The lowest BCUT2D eigenvalue weighted by Gasteiger charge is -2.22. The second kappa shape index (κ2) is 7.04. The van der Waals surface area contributed by atoms with Crippen LogP contribution in [0.25, 0.3) is 0 Å². The molecule has 0 spiro atoms. The average molecular weight is 338 g/mol. The van der Waals surface area contributed by atoms with E-state index in [2.05, 4.69) is 41.0 Å². The van der Waals surface area contributed by atoms with Gasteiger partial charge in [0.05, 0.1) is 6.26 Å². The Balaban J connectivity index is 1.32. The molecular weight excluding hydrogens is 312 g/mol. The highest BCUT2D eigenvalue weighted by atomic mass is 16.3. The maximum Gasteiger partial charge on any atom is 0.226 e. The number of furan rings is 1. The highest BCUT2D eigenvalue weighted by Crippen LogP contribution is 2.48.